The minimum atomic E-state index is -0.0587. The van der Waals surface area contributed by atoms with E-state index in [0.717, 1.165) is 4.90 Å². The molecule has 0 heterocycles. The number of carbonyl (C=O) groups excluding carboxylic acids is 1. The molecule has 0 fully saturated rings. The van der Waals surface area contributed by atoms with Gasteiger partial charge in [-0.15, -0.1) is 11.8 Å². The van der Waals surface area contributed by atoms with Crippen molar-refractivity contribution in [2.24, 2.45) is 5.73 Å². The Bertz CT molecular complexity index is 341. The molecular weight excluding hydrogens is 228 g/mol. The van der Waals surface area contributed by atoms with Crippen LogP contribution in [-0.2, 0) is 4.79 Å². The van der Waals surface area contributed by atoms with E-state index in [0.29, 0.717) is 10.7 Å². The van der Waals surface area contributed by atoms with E-state index in [9.17, 15) is 4.79 Å². The highest BCUT2D eigenvalue weighted by Gasteiger charge is 2.01. The molecule has 0 atom stereocenters. The highest BCUT2D eigenvalue weighted by Crippen LogP contribution is 2.15. The number of nitrogens with two attached hydrogens (primary N) is 1. The Morgan fingerprint density at radius 2 is 2.07 bits per heavy atom. The van der Waals surface area contributed by atoms with Gasteiger partial charge in [-0.25, -0.2) is 0 Å². The first kappa shape index (κ1) is 12.0. The summed E-state index contributed by atoms with van der Waals surface area (Å²) in [6.45, 7) is 0.267. The van der Waals surface area contributed by atoms with E-state index in [2.05, 4.69) is 17.5 Å². The molecule has 0 saturated heterocycles. The van der Waals surface area contributed by atoms with Crippen molar-refractivity contribution in [2.75, 3.05) is 12.3 Å². The highest BCUT2D eigenvalue weighted by atomic mass is 32.2. The number of amides is 1. The van der Waals surface area contributed by atoms with Crippen LogP contribution in [0.2, 0.25) is 0 Å². The van der Waals surface area contributed by atoms with Crippen LogP contribution in [0.4, 0.5) is 0 Å². The van der Waals surface area contributed by atoms with Gasteiger partial charge in [-0.2, -0.15) is 0 Å². The van der Waals surface area contributed by atoms with Gasteiger partial charge in [-0.05, 0) is 12.1 Å². The smallest absolute Gasteiger partial charge is 0.230 e. The molecule has 0 bridgehead atoms. The van der Waals surface area contributed by atoms with Gasteiger partial charge in [0, 0.05) is 4.90 Å². The normalized spacial score (nSPS) is 9.60. The number of rotatable bonds is 5. The maximum Gasteiger partial charge on any atom is 0.230 e. The Morgan fingerprint density at radius 1 is 1.40 bits per heavy atom. The second kappa shape index (κ2) is 6.42. The van der Waals surface area contributed by atoms with Crippen LogP contribution >= 0.6 is 24.0 Å². The standard InChI is InChI=1S/C10H12N2OS2/c11-9(14)6-12-10(13)7-15-8-4-2-1-3-5-8/h1-5H,6-7H2,(H2,11,14)(H,12,13). The van der Waals surface area contributed by atoms with E-state index in [-0.39, 0.29) is 12.5 Å². The number of carbonyl (C=O) groups is 1. The Labute approximate surface area is 98.4 Å². The lowest BCUT2D eigenvalue weighted by molar-refractivity contribution is -0.118. The highest BCUT2D eigenvalue weighted by molar-refractivity contribution is 8.00. The SMILES string of the molecule is NC(=S)CNC(=O)CSc1ccccc1. The zero-order valence-electron chi connectivity index (χ0n) is 8.10. The Kier molecular flexibility index (Phi) is 5.14. The van der Waals surface area contributed by atoms with Crippen LogP contribution in [0.5, 0.6) is 0 Å². The fraction of sp³-hybridized carbons (Fsp3) is 0.200. The zero-order valence-corrected chi connectivity index (χ0v) is 9.74. The molecule has 1 aromatic carbocycles. The molecule has 5 heteroatoms. The molecule has 0 aromatic heterocycles. The van der Waals surface area contributed by atoms with E-state index >= 15 is 0 Å². The van der Waals surface area contributed by atoms with Crippen molar-refractivity contribution in [2.45, 2.75) is 4.90 Å². The number of thioether (sulfide) groups is 1. The average Bonchev–Trinajstić information content (AvgIpc) is 2.25. The molecule has 1 aromatic rings. The summed E-state index contributed by atoms with van der Waals surface area (Å²) in [6, 6.07) is 9.75. The minimum absolute atomic E-state index is 0.0587. The number of hydrogen-bond acceptors (Lipinski definition) is 3. The lowest BCUT2D eigenvalue weighted by atomic mass is 10.4. The lowest BCUT2D eigenvalue weighted by Crippen LogP contribution is -2.33. The van der Waals surface area contributed by atoms with Crippen molar-refractivity contribution < 1.29 is 4.79 Å². The van der Waals surface area contributed by atoms with Gasteiger partial charge >= 0.3 is 0 Å². The largest absolute Gasteiger partial charge is 0.392 e. The third kappa shape index (κ3) is 5.39. The van der Waals surface area contributed by atoms with Gasteiger partial charge in [-0.3, -0.25) is 4.79 Å². The van der Waals surface area contributed by atoms with Crippen LogP contribution < -0.4 is 11.1 Å². The van der Waals surface area contributed by atoms with E-state index in [1.165, 1.54) is 11.8 Å². The number of hydrogen-bond donors (Lipinski definition) is 2. The van der Waals surface area contributed by atoms with Crippen molar-refractivity contribution in [1.82, 2.24) is 5.32 Å². The van der Waals surface area contributed by atoms with Crippen molar-refractivity contribution in [3.8, 4) is 0 Å². The monoisotopic (exact) mass is 240 g/mol. The molecule has 0 aliphatic carbocycles. The van der Waals surface area contributed by atoms with Crippen LogP contribution in [0.15, 0.2) is 35.2 Å². The van der Waals surface area contributed by atoms with Crippen LogP contribution in [0.1, 0.15) is 0 Å². The number of nitrogens with one attached hydrogen (secondary N) is 1. The summed E-state index contributed by atoms with van der Waals surface area (Å²) >= 11 is 6.13. The van der Waals surface area contributed by atoms with Crippen LogP contribution in [0.3, 0.4) is 0 Å². The van der Waals surface area contributed by atoms with Gasteiger partial charge in [0.2, 0.25) is 5.91 Å². The molecular formula is C10H12N2OS2. The Balaban J connectivity index is 2.26. The van der Waals surface area contributed by atoms with Crippen LogP contribution in [0.25, 0.3) is 0 Å². The minimum Gasteiger partial charge on any atom is -0.392 e. The van der Waals surface area contributed by atoms with E-state index < -0.39 is 0 Å². The van der Waals surface area contributed by atoms with Crippen LogP contribution in [-0.4, -0.2) is 23.2 Å². The first-order valence-electron chi connectivity index (χ1n) is 4.41. The van der Waals surface area contributed by atoms with Gasteiger partial charge in [0.05, 0.1) is 17.3 Å². The van der Waals surface area contributed by atoms with Crippen molar-refractivity contribution in [3.63, 3.8) is 0 Å². The quantitative estimate of drug-likeness (QED) is 0.599. The average molecular weight is 240 g/mol. The summed E-state index contributed by atoms with van der Waals surface area (Å²) < 4.78 is 0. The van der Waals surface area contributed by atoms with Gasteiger partial charge in [0.15, 0.2) is 0 Å². The van der Waals surface area contributed by atoms with Gasteiger partial charge < -0.3 is 11.1 Å². The topological polar surface area (TPSA) is 55.1 Å². The van der Waals surface area contributed by atoms with E-state index in [1.54, 1.807) is 0 Å². The molecule has 0 saturated carbocycles. The Hall–Kier alpha value is -1.07. The summed E-state index contributed by atoms with van der Waals surface area (Å²) in [6.07, 6.45) is 0. The molecule has 1 rings (SSSR count). The predicted octanol–water partition coefficient (Wildman–Crippen LogP) is 1.18. The molecule has 3 N–H and O–H groups in total. The maximum atomic E-state index is 11.3. The van der Waals surface area contributed by atoms with Crippen LogP contribution in [0, 0.1) is 0 Å². The van der Waals surface area contributed by atoms with E-state index in [4.69, 9.17) is 5.73 Å². The zero-order chi connectivity index (χ0) is 11.1. The molecule has 0 radical (unpaired) electrons. The molecule has 1 amide bonds. The number of benzene rings is 1. The van der Waals surface area contributed by atoms with Gasteiger partial charge in [0.1, 0.15) is 0 Å². The molecule has 0 unspecified atom stereocenters. The second-order valence-electron chi connectivity index (χ2n) is 2.84. The third-order valence-corrected chi connectivity index (χ3v) is 2.73. The summed E-state index contributed by atoms with van der Waals surface area (Å²) in [4.78, 5) is 12.6. The molecule has 0 aliphatic heterocycles. The Morgan fingerprint density at radius 3 is 2.67 bits per heavy atom. The fourth-order valence-electron chi connectivity index (χ4n) is 0.902. The number of thiocarbonyl (C=S) groups is 1. The third-order valence-electron chi connectivity index (χ3n) is 1.57. The van der Waals surface area contributed by atoms with Crippen molar-refractivity contribution in [1.29, 1.82) is 0 Å². The molecule has 80 valence electrons. The summed E-state index contributed by atoms with van der Waals surface area (Å²) in [5, 5.41) is 2.63. The summed E-state index contributed by atoms with van der Waals surface area (Å²) in [5.74, 6) is 0.323. The maximum absolute atomic E-state index is 11.3. The van der Waals surface area contributed by atoms with Crippen molar-refractivity contribution >= 4 is 34.9 Å². The predicted molar refractivity (Wildman–Crippen MR) is 67.0 cm³/mol. The van der Waals surface area contributed by atoms with E-state index in [1.807, 2.05) is 30.3 Å². The lowest BCUT2D eigenvalue weighted by Gasteiger charge is -2.03. The summed E-state index contributed by atoms with van der Waals surface area (Å²) in [5.41, 5.74) is 5.26. The van der Waals surface area contributed by atoms with Crippen molar-refractivity contribution in [3.05, 3.63) is 30.3 Å². The van der Waals surface area contributed by atoms with Gasteiger partial charge in [-0.1, -0.05) is 30.4 Å². The molecule has 15 heavy (non-hydrogen) atoms. The molecule has 0 spiro atoms. The summed E-state index contributed by atoms with van der Waals surface area (Å²) in [7, 11) is 0. The first-order chi connectivity index (χ1) is 7.18. The molecule has 0 aliphatic rings. The molecule has 3 nitrogen and oxygen atoms in total. The van der Waals surface area contributed by atoms with Gasteiger partial charge in [0.25, 0.3) is 0 Å². The fourth-order valence-corrected chi connectivity index (χ4v) is 1.72. The second-order valence-corrected chi connectivity index (χ2v) is 4.42. The first-order valence-corrected chi connectivity index (χ1v) is 5.80.